The summed E-state index contributed by atoms with van der Waals surface area (Å²) in [6.45, 7) is 0. The van der Waals surface area contributed by atoms with Crippen LogP contribution in [0.4, 0.5) is 5.69 Å². The van der Waals surface area contributed by atoms with Crippen LogP contribution < -0.4 is 4.80 Å². The molecule has 2 heterocycles. The van der Waals surface area contributed by atoms with Gasteiger partial charge in [-0.15, -0.1) is 11.3 Å². The first-order chi connectivity index (χ1) is 14.1. The number of thiazole rings is 1. The molecule has 7 nitrogen and oxygen atoms in total. The molecule has 1 aliphatic carbocycles. The van der Waals surface area contributed by atoms with Crippen LogP contribution in [0.2, 0.25) is 5.02 Å². The van der Waals surface area contributed by atoms with Crippen molar-refractivity contribution in [1.29, 1.82) is 0 Å². The Morgan fingerprint density at radius 1 is 1.28 bits per heavy atom. The summed E-state index contributed by atoms with van der Waals surface area (Å²) in [5, 5.41) is 17.8. The van der Waals surface area contributed by atoms with Crippen molar-refractivity contribution in [1.82, 2.24) is 4.68 Å². The maximum atomic E-state index is 11.1. The summed E-state index contributed by atoms with van der Waals surface area (Å²) in [7, 11) is 0. The lowest BCUT2D eigenvalue weighted by molar-refractivity contribution is -0.384. The van der Waals surface area contributed by atoms with Gasteiger partial charge in [-0.2, -0.15) is 5.10 Å². The lowest BCUT2D eigenvalue weighted by Gasteiger charge is -2.16. The second kappa shape index (κ2) is 8.75. The number of furan rings is 1. The Kier molecular flexibility index (Phi) is 5.92. The average molecular weight is 431 g/mol. The van der Waals surface area contributed by atoms with Crippen LogP contribution in [0.1, 0.15) is 37.7 Å². The first kappa shape index (κ1) is 19.6. The lowest BCUT2D eigenvalue weighted by atomic mass is 9.96. The molecule has 0 radical (unpaired) electrons. The van der Waals surface area contributed by atoms with Gasteiger partial charge in [0.1, 0.15) is 10.7 Å². The molecule has 1 aliphatic rings. The van der Waals surface area contributed by atoms with Gasteiger partial charge in [0, 0.05) is 17.0 Å². The number of hydrogen-bond donors (Lipinski definition) is 0. The average Bonchev–Trinajstić information content (AvgIpc) is 3.38. The fraction of sp³-hybridized carbons (Fsp3) is 0.300. The van der Waals surface area contributed by atoms with Crippen LogP contribution in [-0.2, 0) is 0 Å². The molecule has 9 heteroatoms. The van der Waals surface area contributed by atoms with Crippen LogP contribution in [0.25, 0.3) is 11.5 Å². The predicted molar refractivity (Wildman–Crippen MR) is 114 cm³/mol. The van der Waals surface area contributed by atoms with E-state index in [1.54, 1.807) is 23.2 Å². The van der Waals surface area contributed by atoms with Crippen molar-refractivity contribution in [3.8, 4) is 11.5 Å². The van der Waals surface area contributed by atoms with Gasteiger partial charge < -0.3 is 4.42 Å². The Morgan fingerprint density at radius 3 is 2.83 bits per heavy atom. The molecular weight excluding hydrogens is 412 g/mol. The molecule has 4 rings (SSSR count). The highest BCUT2D eigenvalue weighted by atomic mass is 35.5. The zero-order chi connectivity index (χ0) is 20.2. The number of halogens is 1. The second-order valence-electron chi connectivity index (χ2n) is 6.83. The third kappa shape index (κ3) is 4.49. The zero-order valence-corrected chi connectivity index (χ0v) is 17.1. The third-order valence-corrected chi connectivity index (χ3v) is 5.97. The van der Waals surface area contributed by atoms with Crippen molar-refractivity contribution in [3.05, 3.63) is 67.5 Å². The maximum Gasteiger partial charge on any atom is 0.288 e. The minimum atomic E-state index is -0.504. The van der Waals surface area contributed by atoms with E-state index in [2.05, 4.69) is 5.10 Å². The Hall–Kier alpha value is -2.71. The second-order valence-corrected chi connectivity index (χ2v) is 8.07. The van der Waals surface area contributed by atoms with E-state index in [0.717, 1.165) is 23.3 Å². The maximum absolute atomic E-state index is 11.1. The van der Waals surface area contributed by atoms with Gasteiger partial charge in [0.25, 0.3) is 5.69 Å². The topological polar surface area (TPSA) is 85.9 Å². The SMILES string of the molecule is O=[N+]([O-])c1cc(C=Nn2c(-c3ccco3)csc2=NC2CCCCC2)ccc1Cl. The third-order valence-electron chi connectivity index (χ3n) is 4.82. The van der Waals surface area contributed by atoms with Crippen LogP contribution in [0, 0.1) is 10.1 Å². The van der Waals surface area contributed by atoms with Crippen LogP contribution in [0.3, 0.4) is 0 Å². The van der Waals surface area contributed by atoms with Crippen molar-refractivity contribution in [2.45, 2.75) is 38.1 Å². The van der Waals surface area contributed by atoms with E-state index in [-0.39, 0.29) is 10.7 Å². The van der Waals surface area contributed by atoms with E-state index in [1.807, 2.05) is 17.5 Å². The van der Waals surface area contributed by atoms with Gasteiger partial charge in [0.15, 0.2) is 5.76 Å². The molecule has 1 aromatic carbocycles. The smallest absolute Gasteiger partial charge is 0.288 e. The highest BCUT2D eigenvalue weighted by Gasteiger charge is 2.15. The van der Waals surface area contributed by atoms with Gasteiger partial charge in [0.2, 0.25) is 4.80 Å². The Balaban J connectivity index is 1.74. The summed E-state index contributed by atoms with van der Waals surface area (Å²) in [6, 6.07) is 8.58. The van der Waals surface area contributed by atoms with Crippen molar-refractivity contribution < 1.29 is 9.34 Å². The molecule has 0 amide bonds. The summed E-state index contributed by atoms with van der Waals surface area (Å²) >= 11 is 7.41. The van der Waals surface area contributed by atoms with Gasteiger partial charge >= 0.3 is 0 Å². The first-order valence-corrected chi connectivity index (χ1v) is 10.6. The fourth-order valence-corrected chi connectivity index (χ4v) is 4.41. The van der Waals surface area contributed by atoms with Crippen LogP contribution >= 0.6 is 22.9 Å². The molecule has 0 aliphatic heterocycles. The Bertz CT molecular complexity index is 1100. The van der Waals surface area contributed by atoms with Gasteiger partial charge in [0.05, 0.1) is 23.4 Å². The molecule has 0 spiro atoms. The zero-order valence-electron chi connectivity index (χ0n) is 15.5. The Labute approximate surface area is 176 Å². The summed E-state index contributed by atoms with van der Waals surface area (Å²) in [5.41, 5.74) is 1.22. The number of aromatic nitrogens is 1. The molecular formula is C20H19ClN4O3S. The molecule has 150 valence electrons. The molecule has 2 aromatic heterocycles. The predicted octanol–water partition coefficient (Wildman–Crippen LogP) is 5.49. The minimum absolute atomic E-state index is 0.0969. The quantitative estimate of drug-likeness (QED) is 0.305. The first-order valence-electron chi connectivity index (χ1n) is 9.38. The highest BCUT2D eigenvalue weighted by molar-refractivity contribution is 7.07. The largest absolute Gasteiger partial charge is 0.463 e. The van der Waals surface area contributed by atoms with Gasteiger partial charge in [-0.25, -0.2) is 4.68 Å². The summed E-state index contributed by atoms with van der Waals surface area (Å²) in [5.74, 6) is 0.686. The van der Waals surface area contributed by atoms with Crippen molar-refractivity contribution in [3.63, 3.8) is 0 Å². The van der Waals surface area contributed by atoms with Crippen LogP contribution in [0.5, 0.6) is 0 Å². The number of hydrogen-bond acceptors (Lipinski definition) is 6. The molecule has 1 fully saturated rings. The summed E-state index contributed by atoms with van der Waals surface area (Å²) in [6.07, 6.45) is 9.01. The van der Waals surface area contributed by atoms with E-state index < -0.39 is 4.92 Å². The minimum Gasteiger partial charge on any atom is -0.463 e. The molecule has 0 N–H and O–H groups in total. The molecule has 0 saturated heterocycles. The van der Waals surface area contributed by atoms with E-state index in [9.17, 15) is 10.1 Å². The van der Waals surface area contributed by atoms with E-state index in [0.29, 0.717) is 17.4 Å². The molecule has 3 aromatic rings. The molecule has 0 atom stereocenters. The summed E-state index contributed by atoms with van der Waals surface area (Å²) in [4.78, 5) is 16.3. The standard InChI is InChI=1S/C20H19ClN4O3S/c21-16-9-8-14(11-17(16)25(26)27)12-22-24-18(19-7-4-10-28-19)13-29-20(24)23-15-5-2-1-3-6-15/h4,7-13,15H,1-3,5-6H2. The molecule has 0 bridgehead atoms. The molecule has 29 heavy (non-hydrogen) atoms. The fourth-order valence-electron chi connectivity index (χ4n) is 3.34. The van der Waals surface area contributed by atoms with E-state index in [1.165, 1.54) is 42.7 Å². The number of benzene rings is 1. The van der Waals surface area contributed by atoms with Crippen molar-refractivity contribution >= 4 is 34.8 Å². The molecule has 1 saturated carbocycles. The van der Waals surface area contributed by atoms with E-state index >= 15 is 0 Å². The molecule has 0 unspecified atom stereocenters. The number of nitrogens with zero attached hydrogens (tertiary/aromatic N) is 4. The van der Waals surface area contributed by atoms with Crippen LogP contribution in [-0.4, -0.2) is 21.9 Å². The van der Waals surface area contributed by atoms with Gasteiger partial charge in [-0.3, -0.25) is 15.1 Å². The van der Waals surface area contributed by atoms with Gasteiger partial charge in [-0.1, -0.05) is 36.9 Å². The summed E-state index contributed by atoms with van der Waals surface area (Å²) < 4.78 is 7.28. The van der Waals surface area contributed by atoms with Crippen molar-refractivity contribution in [2.75, 3.05) is 0 Å². The highest BCUT2D eigenvalue weighted by Crippen LogP contribution is 2.25. The normalized spacial score (nSPS) is 16.0. The Morgan fingerprint density at radius 2 is 2.10 bits per heavy atom. The number of nitro groups is 1. The lowest BCUT2D eigenvalue weighted by Crippen LogP contribution is -2.18. The number of nitro benzene ring substituents is 1. The van der Waals surface area contributed by atoms with Crippen molar-refractivity contribution in [2.24, 2.45) is 10.1 Å². The van der Waals surface area contributed by atoms with Crippen LogP contribution in [0.15, 0.2) is 56.5 Å². The van der Waals surface area contributed by atoms with Gasteiger partial charge in [-0.05, 0) is 31.0 Å². The van der Waals surface area contributed by atoms with E-state index in [4.69, 9.17) is 21.0 Å². The number of rotatable bonds is 5. The monoisotopic (exact) mass is 430 g/mol.